The molecule has 0 aliphatic heterocycles. The van der Waals surface area contributed by atoms with Crippen molar-refractivity contribution in [2.24, 2.45) is 11.8 Å². The standard InChI is InChI=1S/C12H17F3N4O2/c1-7(2-3-20)5-18-9-4-8(12(13,14)15)6-19-10(9)11(16)21-17/h4,6-7,16,18,20H,2-3,5,17H2,1H3/t7-/m1/s1. The smallest absolute Gasteiger partial charge is 0.396 e. The van der Waals surface area contributed by atoms with Crippen molar-refractivity contribution >= 4 is 11.6 Å². The molecule has 9 heteroatoms. The number of pyridine rings is 1. The molecule has 21 heavy (non-hydrogen) atoms. The predicted octanol–water partition coefficient (Wildman–Crippen LogP) is 1.75. The number of aliphatic hydroxyl groups excluding tert-OH is 1. The monoisotopic (exact) mass is 306 g/mol. The summed E-state index contributed by atoms with van der Waals surface area (Å²) in [4.78, 5) is 7.79. The SMILES string of the molecule is C[C@H](CCO)CNc1cc(C(F)(F)F)cnc1C(=N)ON. The Kier molecular flexibility index (Phi) is 5.91. The van der Waals surface area contributed by atoms with Gasteiger partial charge in [0.2, 0.25) is 0 Å². The van der Waals surface area contributed by atoms with E-state index in [4.69, 9.17) is 16.4 Å². The van der Waals surface area contributed by atoms with Gasteiger partial charge in [0.25, 0.3) is 5.90 Å². The van der Waals surface area contributed by atoms with E-state index in [1.807, 2.05) is 6.92 Å². The van der Waals surface area contributed by atoms with Crippen molar-refractivity contribution in [3.63, 3.8) is 0 Å². The maximum absolute atomic E-state index is 12.7. The van der Waals surface area contributed by atoms with E-state index in [9.17, 15) is 13.2 Å². The number of hydrogen-bond acceptors (Lipinski definition) is 6. The lowest BCUT2D eigenvalue weighted by atomic mass is 10.1. The topological polar surface area (TPSA) is 104 Å². The van der Waals surface area contributed by atoms with E-state index in [2.05, 4.69) is 15.1 Å². The molecule has 0 radical (unpaired) electrons. The summed E-state index contributed by atoms with van der Waals surface area (Å²) in [7, 11) is 0. The zero-order valence-electron chi connectivity index (χ0n) is 11.4. The number of anilines is 1. The molecular weight excluding hydrogens is 289 g/mol. The predicted molar refractivity (Wildman–Crippen MR) is 70.7 cm³/mol. The maximum Gasteiger partial charge on any atom is 0.417 e. The molecule has 0 fully saturated rings. The summed E-state index contributed by atoms with van der Waals surface area (Å²) < 4.78 is 38.1. The summed E-state index contributed by atoms with van der Waals surface area (Å²) >= 11 is 0. The van der Waals surface area contributed by atoms with Gasteiger partial charge in [0, 0.05) is 19.3 Å². The molecule has 6 nitrogen and oxygen atoms in total. The number of hydrogen-bond donors (Lipinski definition) is 4. The third-order valence-corrected chi connectivity index (χ3v) is 2.81. The second-order valence-corrected chi connectivity index (χ2v) is 4.56. The van der Waals surface area contributed by atoms with Crippen molar-refractivity contribution in [3.8, 4) is 0 Å². The van der Waals surface area contributed by atoms with Gasteiger partial charge in [-0.25, -0.2) is 4.98 Å². The van der Waals surface area contributed by atoms with Crippen LogP contribution in [-0.2, 0) is 11.0 Å². The Balaban J connectivity index is 3.02. The van der Waals surface area contributed by atoms with Gasteiger partial charge in [-0.2, -0.15) is 19.1 Å². The third-order valence-electron chi connectivity index (χ3n) is 2.81. The lowest BCUT2D eigenvalue weighted by Crippen LogP contribution is -2.19. The van der Waals surface area contributed by atoms with E-state index in [1.165, 1.54) is 0 Å². The molecule has 1 rings (SSSR count). The minimum atomic E-state index is -4.54. The van der Waals surface area contributed by atoms with Crippen LogP contribution in [0.2, 0.25) is 0 Å². The molecule has 118 valence electrons. The minimum absolute atomic E-state index is 0.00469. The molecular formula is C12H17F3N4O2. The molecule has 1 aromatic heterocycles. The summed E-state index contributed by atoms with van der Waals surface area (Å²) in [6.45, 7) is 2.13. The van der Waals surface area contributed by atoms with Crippen LogP contribution < -0.4 is 11.2 Å². The van der Waals surface area contributed by atoms with E-state index >= 15 is 0 Å². The fourth-order valence-electron chi connectivity index (χ4n) is 1.60. The van der Waals surface area contributed by atoms with Crippen LogP contribution >= 0.6 is 0 Å². The van der Waals surface area contributed by atoms with Gasteiger partial charge in [0.15, 0.2) is 0 Å². The van der Waals surface area contributed by atoms with Gasteiger partial charge in [0.05, 0.1) is 11.3 Å². The van der Waals surface area contributed by atoms with E-state index in [0.717, 1.165) is 6.07 Å². The first kappa shape index (κ1) is 17.2. The number of aliphatic hydroxyl groups is 1. The van der Waals surface area contributed by atoms with Crippen LogP contribution in [-0.4, -0.2) is 29.1 Å². The van der Waals surface area contributed by atoms with Crippen molar-refractivity contribution in [2.45, 2.75) is 19.5 Å². The van der Waals surface area contributed by atoms with Crippen LogP contribution in [0.15, 0.2) is 12.3 Å². The Hall–Kier alpha value is -1.87. The summed E-state index contributed by atoms with van der Waals surface area (Å²) in [5, 5.41) is 19.0. The Morgan fingerprint density at radius 1 is 1.57 bits per heavy atom. The Labute approximate surface area is 119 Å². The Bertz CT molecular complexity index is 494. The number of alkyl halides is 3. The van der Waals surface area contributed by atoms with E-state index < -0.39 is 17.6 Å². The quantitative estimate of drug-likeness (QED) is 0.364. The first-order chi connectivity index (χ1) is 9.79. The Morgan fingerprint density at radius 2 is 2.24 bits per heavy atom. The largest absolute Gasteiger partial charge is 0.417 e. The molecule has 0 aromatic carbocycles. The number of halogens is 3. The second-order valence-electron chi connectivity index (χ2n) is 4.56. The van der Waals surface area contributed by atoms with Gasteiger partial charge in [-0.05, 0) is 18.4 Å². The van der Waals surface area contributed by atoms with Gasteiger partial charge in [0.1, 0.15) is 5.69 Å². The lowest BCUT2D eigenvalue weighted by Gasteiger charge is -2.16. The summed E-state index contributed by atoms with van der Waals surface area (Å²) in [6, 6.07) is 0.849. The number of nitrogens with zero attached hydrogens (tertiary/aromatic N) is 1. The van der Waals surface area contributed by atoms with Crippen molar-refractivity contribution < 1.29 is 23.1 Å². The molecule has 0 saturated heterocycles. The first-order valence-corrected chi connectivity index (χ1v) is 6.17. The third kappa shape index (κ3) is 4.87. The number of nitrogens with one attached hydrogen (secondary N) is 2. The van der Waals surface area contributed by atoms with Gasteiger partial charge in [-0.15, -0.1) is 0 Å². The average molecular weight is 306 g/mol. The zero-order chi connectivity index (χ0) is 16.0. The second kappa shape index (κ2) is 7.23. The molecule has 0 saturated carbocycles. The van der Waals surface area contributed by atoms with Gasteiger partial charge >= 0.3 is 6.18 Å². The molecule has 5 N–H and O–H groups in total. The van der Waals surface area contributed by atoms with Crippen LogP contribution in [0.4, 0.5) is 18.9 Å². The number of nitrogens with two attached hydrogens (primary N) is 1. The van der Waals surface area contributed by atoms with E-state index in [-0.39, 0.29) is 23.9 Å². The fraction of sp³-hybridized carbons (Fsp3) is 0.500. The minimum Gasteiger partial charge on any atom is -0.396 e. The van der Waals surface area contributed by atoms with Crippen LogP contribution in [0.5, 0.6) is 0 Å². The molecule has 0 aliphatic rings. The fourth-order valence-corrected chi connectivity index (χ4v) is 1.60. The molecule has 0 bridgehead atoms. The zero-order valence-corrected chi connectivity index (χ0v) is 11.4. The highest BCUT2D eigenvalue weighted by atomic mass is 19.4. The van der Waals surface area contributed by atoms with E-state index in [0.29, 0.717) is 19.2 Å². The molecule has 1 heterocycles. The number of aromatic nitrogens is 1. The van der Waals surface area contributed by atoms with Crippen molar-refractivity contribution in [1.29, 1.82) is 5.41 Å². The maximum atomic E-state index is 12.7. The Morgan fingerprint density at radius 3 is 2.76 bits per heavy atom. The lowest BCUT2D eigenvalue weighted by molar-refractivity contribution is -0.137. The van der Waals surface area contributed by atoms with Crippen molar-refractivity contribution in [2.75, 3.05) is 18.5 Å². The molecule has 0 aliphatic carbocycles. The summed E-state index contributed by atoms with van der Waals surface area (Å²) in [5.74, 6) is 4.34. The van der Waals surface area contributed by atoms with Crippen molar-refractivity contribution in [3.05, 3.63) is 23.5 Å². The van der Waals surface area contributed by atoms with Gasteiger partial charge in [-0.3, -0.25) is 5.41 Å². The highest BCUT2D eigenvalue weighted by Crippen LogP contribution is 2.31. The normalized spacial score (nSPS) is 12.9. The van der Waals surface area contributed by atoms with Crippen LogP contribution in [0.3, 0.4) is 0 Å². The molecule has 0 unspecified atom stereocenters. The van der Waals surface area contributed by atoms with Crippen LogP contribution in [0.25, 0.3) is 0 Å². The van der Waals surface area contributed by atoms with Crippen LogP contribution in [0.1, 0.15) is 24.6 Å². The highest BCUT2D eigenvalue weighted by Gasteiger charge is 2.32. The average Bonchev–Trinajstić information content (AvgIpc) is 2.43. The molecule has 1 atom stereocenters. The number of rotatable bonds is 6. The molecule has 1 aromatic rings. The van der Waals surface area contributed by atoms with Crippen molar-refractivity contribution in [1.82, 2.24) is 4.98 Å². The molecule has 0 amide bonds. The van der Waals surface area contributed by atoms with Gasteiger partial charge < -0.3 is 15.3 Å². The summed E-state index contributed by atoms with van der Waals surface area (Å²) in [6.07, 6.45) is -3.42. The summed E-state index contributed by atoms with van der Waals surface area (Å²) in [5.41, 5.74) is -1.04. The molecule has 0 spiro atoms. The van der Waals surface area contributed by atoms with E-state index in [1.54, 1.807) is 0 Å². The first-order valence-electron chi connectivity index (χ1n) is 6.17. The van der Waals surface area contributed by atoms with Crippen LogP contribution in [0, 0.1) is 11.3 Å². The van der Waals surface area contributed by atoms with Gasteiger partial charge in [-0.1, -0.05) is 6.92 Å². The highest BCUT2D eigenvalue weighted by molar-refractivity contribution is 5.95.